The van der Waals surface area contributed by atoms with Crippen LogP contribution in [0.25, 0.3) is 0 Å². The van der Waals surface area contributed by atoms with Crippen LogP contribution in [-0.4, -0.2) is 19.0 Å². The molecule has 0 spiro atoms. The van der Waals surface area contributed by atoms with Crippen molar-refractivity contribution in [3.8, 4) is 0 Å². The highest BCUT2D eigenvalue weighted by Gasteiger charge is 2.34. The number of carbonyl (C=O) groups is 1. The van der Waals surface area contributed by atoms with Gasteiger partial charge in [-0.3, -0.25) is 4.79 Å². The quantitative estimate of drug-likeness (QED) is 0.895. The van der Waals surface area contributed by atoms with E-state index < -0.39 is 5.82 Å². The lowest BCUT2D eigenvalue weighted by Gasteiger charge is -2.32. The van der Waals surface area contributed by atoms with E-state index >= 15 is 0 Å². The van der Waals surface area contributed by atoms with Gasteiger partial charge in [0.15, 0.2) is 0 Å². The van der Waals surface area contributed by atoms with Crippen LogP contribution in [0.2, 0.25) is 5.02 Å². The number of nitrogens with one attached hydrogen (secondary N) is 2. The minimum absolute atomic E-state index is 0.0504. The Balaban J connectivity index is 1.94. The fourth-order valence-corrected chi connectivity index (χ4v) is 2.45. The second-order valence-electron chi connectivity index (χ2n) is 5.24. The van der Waals surface area contributed by atoms with Gasteiger partial charge in [0.05, 0.1) is 5.02 Å². The number of halogens is 2. The molecular formula is C14H18ClFN2O. The zero-order valence-electron chi connectivity index (χ0n) is 10.9. The molecule has 1 aliphatic heterocycles. The molecule has 0 aromatic heterocycles. The average Bonchev–Trinajstić information content (AvgIpc) is 2.40. The topological polar surface area (TPSA) is 41.1 Å². The van der Waals surface area contributed by atoms with Crippen molar-refractivity contribution in [1.82, 2.24) is 10.6 Å². The van der Waals surface area contributed by atoms with E-state index in [1.54, 1.807) is 12.1 Å². The second-order valence-corrected chi connectivity index (χ2v) is 5.65. The van der Waals surface area contributed by atoms with E-state index in [2.05, 4.69) is 10.6 Å². The Kier molecular flexibility index (Phi) is 4.42. The first-order valence-corrected chi connectivity index (χ1v) is 6.82. The van der Waals surface area contributed by atoms with Crippen LogP contribution in [0.3, 0.4) is 0 Å². The first kappa shape index (κ1) is 14.3. The van der Waals surface area contributed by atoms with Gasteiger partial charge in [-0.2, -0.15) is 0 Å². The molecule has 3 nitrogen and oxygen atoms in total. The molecule has 0 radical (unpaired) electrons. The van der Waals surface area contributed by atoms with E-state index in [0.29, 0.717) is 6.54 Å². The molecule has 1 heterocycles. The molecule has 2 rings (SSSR count). The molecule has 5 heteroatoms. The van der Waals surface area contributed by atoms with Crippen molar-refractivity contribution in [3.63, 3.8) is 0 Å². The van der Waals surface area contributed by atoms with Gasteiger partial charge in [-0.1, -0.05) is 24.6 Å². The monoisotopic (exact) mass is 284 g/mol. The predicted molar refractivity (Wildman–Crippen MR) is 73.5 cm³/mol. The molecule has 1 aromatic carbocycles. The molecule has 1 fully saturated rings. The predicted octanol–water partition coefficient (Wildman–Crippen LogP) is 2.49. The number of benzene rings is 1. The van der Waals surface area contributed by atoms with Crippen molar-refractivity contribution < 1.29 is 9.18 Å². The van der Waals surface area contributed by atoms with Crippen LogP contribution >= 0.6 is 11.6 Å². The molecular weight excluding hydrogens is 267 g/mol. The van der Waals surface area contributed by atoms with Gasteiger partial charge < -0.3 is 10.6 Å². The highest BCUT2D eigenvalue weighted by Crippen LogP contribution is 2.28. The summed E-state index contributed by atoms with van der Waals surface area (Å²) in [7, 11) is 0. The minimum atomic E-state index is -0.443. The smallest absolute Gasteiger partial charge is 0.226 e. The SMILES string of the molecule is CC1(C(=O)NCc2ccc(F)c(Cl)c2)CCNCC1. The number of amides is 1. The van der Waals surface area contributed by atoms with Crippen molar-refractivity contribution in [3.05, 3.63) is 34.6 Å². The van der Waals surface area contributed by atoms with E-state index in [0.717, 1.165) is 31.5 Å². The lowest BCUT2D eigenvalue weighted by Crippen LogP contribution is -2.45. The van der Waals surface area contributed by atoms with Gasteiger partial charge in [-0.25, -0.2) is 4.39 Å². The largest absolute Gasteiger partial charge is 0.352 e. The van der Waals surface area contributed by atoms with Crippen LogP contribution in [0.5, 0.6) is 0 Å². The number of hydrogen-bond acceptors (Lipinski definition) is 2. The third kappa shape index (κ3) is 3.45. The Morgan fingerprint density at radius 1 is 1.47 bits per heavy atom. The van der Waals surface area contributed by atoms with E-state index in [4.69, 9.17) is 11.6 Å². The number of carbonyl (C=O) groups excluding carboxylic acids is 1. The van der Waals surface area contributed by atoms with E-state index in [1.807, 2.05) is 6.92 Å². The molecule has 19 heavy (non-hydrogen) atoms. The standard InChI is InChI=1S/C14H18ClFN2O/c1-14(4-6-17-7-5-14)13(19)18-9-10-2-3-12(16)11(15)8-10/h2-3,8,17H,4-7,9H2,1H3,(H,18,19). The maximum absolute atomic E-state index is 13.0. The molecule has 0 aliphatic carbocycles. The molecule has 0 atom stereocenters. The van der Waals surface area contributed by atoms with Crippen LogP contribution in [0.15, 0.2) is 18.2 Å². The number of rotatable bonds is 3. The number of hydrogen-bond donors (Lipinski definition) is 2. The van der Waals surface area contributed by atoms with E-state index in [1.165, 1.54) is 6.07 Å². The number of piperidine rings is 1. The maximum Gasteiger partial charge on any atom is 0.226 e. The van der Waals surface area contributed by atoms with Crippen molar-refractivity contribution in [2.75, 3.05) is 13.1 Å². The van der Waals surface area contributed by atoms with Gasteiger partial charge in [-0.05, 0) is 43.6 Å². The zero-order chi connectivity index (χ0) is 13.9. The third-order valence-electron chi connectivity index (χ3n) is 3.69. The molecule has 2 N–H and O–H groups in total. The van der Waals surface area contributed by atoms with E-state index in [9.17, 15) is 9.18 Å². The van der Waals surface area contributed by atoms with Gasteiger partial charge in [0.1, 0.15) is 5.82 Å². The average molecular weight is 285 g/mol. The summed E-state index contributed by atoms with van der Waals surface area (Å²) < 4.78 is 13.0. The zero-order valence-corrected chi connectivity index (χ0v) is 11.7. The van der Waals surface area contributed by atoms with Gasteiger partial charge in [-0.15, -0.1) is 0 Å². The summed E-state index contributed by atoms with van der Waals surface area (Å²) in [6, 6.07) is 4.49. The summed E-state index contributed by atoms with van der Waals surface area (Å²) in [6.45, 7) is 4.10. The Morgan fingerprint density at radius 2 is 2.16 bits per heavy atom. The molecule has 104 valence electrons. The Morgan fingerprint density at radius 3 is 2.79 bits per heavy atom. The third-order valence-corrected chi connectivity index (χ3v) is 3.98. The van der Waals surface area contributed by atoms with Crippen LogP contribution < -0.4 is 10.6 Å². The van der Waals surface area contributed by atoms with Crippen LogP contribution in [0, 0.1) is 11.2 Å². The Hall–Kier alpha value is -1.13. The van der Waals surface area contributed by atoms with Gasteiger partial charge in [0, 0.05) is 12.0 Å². The van der Waals surface area contributed by atoms with Crippen molar-refractivity contribution in [2.24, 2.45) is 5.41 Å². The molecule has 1 saturated heterocycles. The fraction of sp³-hybridized carbons (Fsp3) is 0.500. The summed E-state index contributed by atoms with van der Waals surface area (Å²) >= 11 is 5.71. The maximum atomic E-state index is 13.0. The second kappa shape index (κ2) is 5.88. The summed E-state index contributed by atoms with van der Waals surface area (Å²) in [5, 5.41) is 6.23. The molecule has 1 aromatic rings. The minimum Gasteiger partial charge on any atom is -0.352 e. The lowest BCUT2D eigenvalue weighted by atomic mass is 9.80. The van der Waals surface area contributed by atoms with Crippen molar-refractivity contribution in [2.45, 2.75) is 26.3 Å². The van der Waals surface area contributed by atoms with Crippen molar-refractivity contribution >= 4 is 17.5 Å². The highest BCUT2D eigenvalue weighted by atomic mass is 35.5. The van der Waals surface area contributed by atoms with Crippen molar-refractivity contribution in [1.29, 1.82) is 0 Å². The Labute approximate surface area is 117 Å². The van der Waals surface area contributed by atoms with Gasteiger partial charge in [0.2, 0.25) is 5.91 Å². The normalized spacial score (nSPS) is 18.1. The molecule has 1 aliphatic rings. The van der Waals surface area contributed by atoms with Crippen LogP contribution in [0.4, 0.5) is 4.39 Å². The molecule has 0 saturated carbocycles. The lowest BCUT2D eigenvalue weighted by molar-refractivity contribution is -0.131. The van der Waals surface area contributed by atoms with Crippen LogP contribution in [-0.2, 0) is 11.3 Å². The molecule has 1 amide bonds. The first-order chi connectivity index (χ1) is 9.01. The van der Waals surface area contributed by atoms with Gasteiger partial charge in [0.25, 0.3) is 0 Å². The summed E-state index contributed by atoms with van der Waals surface area (Å²) in [5.74, 6) is -0.392. The molecule has 0 bridgehead atoms. The fourth-order valence-electron chi connectivity index (χ4n) is 2.25. The van der Waals surface area contributed by atoms with E-state index in [-0.39, 0.29) is 16.3 Å². The van der Waals surface area contributed by atoms with Gasteiger partial charge >= 0.3 is 0 Å². The summed E-state index contributed by atoms with van der Waals surface area (Å²) in [4.78, 5) is 12.2. The first-order valence-electron chi connectivity index (χ1n) is 6.44. The highest BCUT2D eigenvalue weighted by molar-refractivity contribution is 6.30. The molecule has 0 unspecified atom stereocenters. The Bertz CT molecular complexity index is 473. The summed E-state index contributed by atoms with van der Waals surface area (Å²) in [6.07, 6.45) is 1.67. The summed E-state index contributed by atoms with van der Waals surface area (Å²) in [5.41, 5.74) is 0.493. The van der Waals surface area contributed by atoms with Crippen LogP contribution in [0.1, 0.15) is 25.3 Å².